The highest BCUT2D eigenvalue weighted by atomic mass is 16.5. The Kier molecular flexibility index (Phi) is 4.00. The minimum Gasteiger partial charge on any atom is -0.379 e. The van der Waals surface area contributed by atoms with Crippen LogP contribution in [0.3, 0.4) is 0 Å². The van der Waals surface area contributed by atoms with Crippen molar-refractivity contribution in [3.05, 3.63) is 23.8 Å². The van der Waals surface area contributed by atoms with Gasteiger partial charge in [-0.15, -0.1) is 0 Å². The Labute approximate surface area is 100 Å². The van der Waals surface area contributed by atoms with Gasteiger partial charge in [-0.05, 0) is 6.92 Å². The third-order valence-electron chi connectivity index (χ3n) is 2.58. The van der Waals surface area contributed by atoms with E-state index in [2.05, 4.69) is 20.2 Å². The Hall–Kier alpha value is -1.53. The molecule has 1 amide bonds. The molecule has 0 spiro atoms. The summed E-state index contributed by atoms with van der Waals surface area (Å²) >= 11 is 0. The molecule has 1 aliphatic rings. The molecular weight excluding hydrogens is 220 g/mol. The summed E-state index contributed by atoms with van der Waals surface area (Å²) in [5, 5.41) is 2.82. The zero-order valence-corrected chi connectivity index (χ0v) is 9.85. The van der Waals surface area contributed by atoms with Gasteiger partial charge in [-0.1, -0.05) is 0 Å². The van der Waals surface area contributed by atoms with Crippen molar-refractivity contribution in [3.63, 3.8) is 0 Å². The van der Waals surface area contributed by atoms with Crippen molar-refractivity contribution in [1.82, 2.24) is 20.2 Å². The molecule has 0 aliphatic carbocycles. The molecule has 92 valence electrons. The van der Waals surface area contributed by atoms with Crippen molar-refractivity contribution in [1.29, 1.82) is 0 Å². The predicted molar refractivity (Wildman–Crippen MR) is 61.5 cm³/mol. The second-order valence-corrected chi connectivity index (χ2v) is 3.94. The number of amides is 1. The van der Waals surface area contributed by atoms with Gasteiger partial charge in [0.15, 0.2) is 0 Å². The zero-order chi connectivity index (χ0) is 12.1. The summed E-state index contributed by atoms with van der Waals surface area (Å²) in [4.78, 5) is 21.9. The molecule has 0 aromatic carbocycles. The van der Waals surface area contributed by atoms with Crippen LogP contribution in [0, 0.1) is 6.92 Å². The van der Waals surface area contributed by atoms with Crippen LogP contribution in [0.4, 0.5) is 0 Å². The third-order valence-corrected chi connectivity index (χ3v) is 2.58. The van der Waals surface area contributed by atoms with Crippen LogP contribution in [0.5, 0.6) is 0 Å². The Balaban J connectivity index is 1.82. The minimum absolute atomic E-state index is 0.191. The van der Waals surface area contributed by atoms with Crippen LogP contribution in [-0.2, 0) is 4.74 Å². The molecule has 2 heterocycles. The van der Waals surface area contributed by atoms with E-state index in [0.29, 0.717) is 12.4 Å². The monoisotopic (exact) mass is 236 g/mol. The van der Waals surface area contributed by atoms with Crippen LogP contribution in [0.25, 0.3) is 0 Å². The summed E-state index contributed by atoms with van der Waals surface area (Å²) < 4.78 is 5.23. The SMILES string of the molecule is Cc1cnc(C(=O)NCN2CCOCC2)cn1. The van der Waals surface area contributed by atoms with Crippen LogP contribution >= 0.6 is 0 Å². The fraction of sp³-hybridized carbons (Fsp3) is 0.545. The molecule has 1 fully saturated rings. The lowest BCUT2D eigenvalue weighted by Crippen LogP contribution is -2.43. The fourth-order valence-electron chi connectivity index (χ4n) is 1.54. The number of hydrogen-bond acceptors (Lipinski definition) is 5. The lowest BCUT2D eigenvalue weighted by molar-refractivity contribution is 0.0334. The average Bonchev–Trinajstić information content (AvgIpc) is 2.38. The number of nitrogens with one attached hydrogen (secondary N) is 1. The largest absolute Gasteiger partial charge is 0.379 e. The molecule has 0 saturated carbocycles. The number of aryl methyl sites for hydroxylation is 1. The van der Waals surface area contributed by atoms with Crippen molar-refractivity contribution in [2.75, 3.05) is 33.0 Å². The summed E-state index contributed by atoms with van der Waals surface area (Å²) in [6.45, 7) is 5.50. The first kappa shape index (κ1) is 11.9. The normalized spacial score (nSPS) is 16.8. The molecule has 0 bridgehead atoms. The van der Waals surface area contributed by atoms with E-state index in [1.165, 1.54) is 6.20 Å². The highest BCUT2D eigenvalue weighted by molar-refractivity contribution is 5.91. The van der Waals surface area contributed by atoms with E-state index in [1.807, 2.05) is 6.92 Å². The van der Waals surface area contributed by atoms with E-state index < -0.39 is 0 Å². The van der Waals surface area contributed by atoms with Gasteiger partial charge < -0.3 is 10.1 Å². The highest BCUT2D eigenvalue weighted by Gasteiger charge is 2.12. The highest BCUT2D eigenvalue weighted by Crippen LogP contribution is 1.96. The molecule has 0 atom stereocenters. The molecule has 2 rings (SSSR count). The van der Waals surface area contributed by atoms with E-state index in [4.69, 9.17) is 4.74 Å². The van der Waals surface area contributed by atoms with Crippen molar-refractivity contribution in [2.45, 2.75) is 6.92 Å². The predicted octanol–water partition coefficient (Wildman–Crippen LogP) is -0.195. The number of aromatic nitrogens is 2. The number of carbonyl (C=O) groups excluding carboxylic acids is 1. The second-order valence-electron chi connectivity index (χ2n) is 3.94. The Morgan fingerprint density at radius 2 is 2.18 bits per heavy atom. The molecule has 6 heteroatoms. The van der Waals surface area contributed by atoms with Crippen molar-refractivity contribution in [2.24, 2.45) is 0 Å². The second kappa shape index (κ2) is 5.70. The van der Waals surface area contributed by atoms with Crippen LogP contribution < -0.4 is 5.32 Å². The Bertz CT molecular complexity index is 374. The third kappa shape index (κ3) is 3.47. The van der Waals surface area contributed by atoms with Crippen LogP contribution in [0.15, 0.2) is 12.4 Å². The zero-order valence-electron chi connectivity index (χ0n) is 9.85. The van der Waals surface area contributed by atoms with Crippen molar-refractivity contribution >= 4 is 5.91 Å². The molecule has 1 saturated heterocycles. The molecule has 1 aromatic rings. The first-order chi connectivity index (χ1) is 8.25. The Morgan fingerprint density at radius 1 is 1.41 bits per heavy atom. The summed E-state index contributed by atoms with van der Waals surface area (Å²) in [5.74, 6) is -0.191. The number of morpholine rings is 1. The number of rotatable bonds is 3. The maximum absolute atomic E-state index is 11.7. The summed E-state index contributed by atoms with van der Waals surface area (Å²) in [5.41, 5.74) is 1.15. The summed E-state index contributed by atoms with van der Waals surface area (Å²) in [6, 6.07) is 0. The Morgan fingerprint density at radius 3 is 2.82 bits per heavy atom. The van der Waals surface area contributed by atoms with Crippen molar-refractivity contribution < 1.29 is 9.53 Å². The maximum Gasteiger partial charge on any atom is 0.272 e. The van der Waals surface area contributed by atoms with Gasteiger partial charge in [-0.3, -0.25) is 14.7 Å². The molecule has 1 aromatic heterocycles. The summed E-state index contributed by atoms with van der Waals surface area (Å²) in [7, 11) is 0. The number of ether oxygens (including phenoxy) is 1. The van der Waals surface area contributed by atoms with Gasteiger partial charge in [0.05, 0.1) is 31.8 Å². The van der Waals surface area contributed by atoms with E-state index in [9.17, 15) is 4.79 Å². The van der Waals surface area contributed by atoms with Gasteiger partial charge in [0.2, 0.25) is 0 Å². The number of carbonyl (C=O) groups is 1. The van der Waals surface area contributed by atoms with Crippen LogP contribution in [0.2, 0.25) is 0 Å². The first-order valence-corrected chi connectivity index (χ1v) is 5.62. The van der Waals surface area contributed by atoms with Gasteiger partial charge in [0.25, 0.3) is 5.91 Å². The molecule has 1 aliphatic heterocycles. The van der Waals surface area contributed by atoms with E-state index in [0.717, 1.165) is 32.0 Å². The number of hydrogen-bond donors (Lipinski definition) is 1. The lowest BCUT2D eigenvalue weighted by atomic mass is 10.4. The lowest BCUT2D eigenvalue weighted by Gasteiger charge is -2.26. The molecule has 0 unspecified atom stereocenters. The quantitative estimate of drug-likeness (QED) is 0.787. The first-order valence-electron chi connectivity index (χ1n) is 5.62. The fourth-order valence-corrected chi connectivity index (χ4v) is 1.54. The molecular formula is C11H16N4O2. The smallest absolute Gasteiger partial charge is 0.272 e. The molecule has 17 heavy (non-hydrogen) atoms. The van der Waals surface area contributed by atoms with Crippen LogP contribution in [0.1, 0.15) is 16.2 Å². The number of nitrogens with zero attached hydrogens (tertiary/aromatic N) is 3. The van der Waals surface area contributed by atoms with E-state index in [1.54, 1.807) is 6.20 Å². The van der Waals surface area contributed by atoms with E-state index >= 15 is 0 Å². The van der Waals surface area contributed by atoms with Crippen LogP contribution in [-0.4, -0.2) is 53.7 Å². The maximum atomic E-state index is 11.7. The average molecular weight is 236 g/mol. The van der Waals surface area contributed by atoms with Crippen molar-refractivity contribution in [3.8, 4) is 0 Å². The topological polar surface area (TPSA) is 67.4 Å². The van der Waals surface area contributed by atoms with Gasteiger partial charge >= 0.3 is 0 Å². The van der Waals surface area contributed by atoms with Gasteiger partial charge in [0, 0.05) is 19.3 Å². The minimum atomic E-state index is -0.191. The summed E-state index contributed by atoms with van der Waals surface area (Å²) in [6.07, 6.45) is 3.08. The standard InChI is InChI=1S/C11H16N4O2/c1-9-6-13-10(7-12-9)11(16)14-8-15-2-4-17-5-3-15/h6-7H,2-5,8H2,1H3,(H,14,16). The van der Waals surface area contributed by atoms with Gasteiger partial charge in [0.1, 0.15) is 5.69 Å². The molecule has 1 N–H and O–H groups in total. The molecule has 0 radical (unpaired) electrons. The van der Waals surface area contributed by atoms with E-state index in [-0.39, 0.29) is 5.91 Å². The van der Waals surface area contributed by atoms with Gasteiger partial charge in [-0.2, -0.15) is 0 Å². The van der Waals surface area contributed by atoms with Gasteiger partial charge in [-0.25, -0.2) is 4.98 Å². The molecule has 6 nitrogen and oxygen atoms in total.